The maximum atomic E-state index is 13.4. The lowest BCUT2D eigenvalue weighted by atomic mass is 10.2. The molecule has 0 radical (unpaired) electrons. The van der Waals surface area contributed by atoms with E-state index in [4.69, 9.17) is 10.5 Å². The summed E-state index contributed by atoms with van der Waals surface area (Å²) < 4.78 is 18.5. The fraction of sp³-hybridized carbons (Fsp3) is 0.400. The summed E-state index contributed by atoms with van der Waals surface area (Å²) in [7, 11) is 0. The molecule has 1 amide bonds. The molecule has 16 heavy (non-hydrogen) atoms. The SMILES string of the molecule is Nc1nccc(C(=O)NC2CCOC2)c1F. The maximum Gasteiger partial charge on any atom is 0.254 e. The zero-order chi connectivity index (χ0) is 11.5. The number of hydrogen-bond acceptors (Lipinski definition) is 4. The zero-order valence-electron chi connectivity index (χ0n) is 8.57. The predicted octanol–water partition coefficient (Wildman–Crippen LogP) is 0.322. The number of nitrogens with one attached hydrogen (secondary N) is 1. The summed E-state index contributed by atoms with van der Waals surface area (Å²) in [5, 5.41) is 2.68. The first-order valence-corrected chi connectivity index (χ1v) is 4.97. The largest absolute Gasteiger partial charge is 0.381 e. The topological polar surface area (TPSA) is 77.2 Å². The van der Waals surface area contributed by atoms with Crippen LogP contribution in [0.1, 0.15) is 16.8 Å². The molecule has 0 saturated carbocycles. The van der Waals surface area contributed by atoms with Crippen molar-refractivity contribution in [1.29, 1.82) is 0 Å². The van der Waals surface area contributed by atoms with Crippen molar-refractivity contribution in [2.75, 3.05) is 18.9 Å². The summed E-state index contributed by atoms with van der Waals surface area (Å²) in [6.07, 6.45) is 2.05. The van der Waals surface area contributed by atoms with Crippen LogP contribution < -0.4 is 11.1 Å². The van der Waals surface area contributed by atoms with E-state index in [1.54, 1.807) is 0 Å². The van der Waals surface area contributed by atoms with Crippen LogP contribution in [0, 0.1) is 5.82 Å². The van der Waals surface area contributed by atoms with Crippen LogP contribution in [-0.2, 0) is 4.74 Å². The van der Waals surface area contributed by atoms with Gasteiger partial charge in [0.1, 0.15) is 0 Å². The van der Waals surface area contributed by atoms with E-state index in [-0.39, 0.29) is 17.4 Å². The Morgan fingerprint density at radius 3 is 3.19 bits per heavy atom. The number of anilines is 1. The van der Waals surface area contributed by atoms with Gasteiger partial charge in [-0.3, -0.25) is 4.79 Å². The second-order valence-corrected chi connectivity index (χ2v) is 3.59. The molecule has 3 N–H and O–H groups in total. The van der Waals surface area contributed by atoms with Gasteiger partial charge in [0, 0.05) is 12.8 Å². The first-order chi connectivity index (χ1) is 7.68. The standard InChI is InChI=1S/C10H12FN3O2/c11-8-7(1-3-13-9(8)12)10(15)14-6-2-4-16-5-6/h1,3,6H,2,4-5H2,(H2,12,13)(H,14,15). The molecular weight excluding hydrogens is 213 g/mol. The highest BCUT2D eigenvalue weighted by Gasteiger charge is 2.21. The van der Waals surface area contributed by atoms with Gasteiger partial charge in [-0.25, -0.2) is 9.37 Å². The summed E-state index contributed by atoms with van der Waals surface area (Å²) in [6, 6.07) is 1.25. The number of nitrogen functional groups attached to an aromatic ring is 1. The van der Waals surface area contributed by atoms with Crippen molar-refractivity contribution in [3.63, 3.8) is 0 Å². The molecule has 0 aliphatic carbocycles. The van der Waals surface area contributed by atoms with Gasteiger partial charge < -0.3 is 15.8 Å². The lowest BCUT2D eigenvalue weighted by Crippen LogP contribution is -2.35. The van der Waals surface area contributed by atoms with Gasteiger partial charge in [0.2, 0.25) is 0 Å². The van der Waals surface area contributed by atoms with Crippen molar-refractivity contribution < 1.29 is 13.9 Å². The highest BCUT2D eigenvalue weighted by Crippen LogP contribution is 2.12. The van der Waals surface area contributed by atoms with Crippen molar-refractivity contribution in [1.82, 2.24) is 10.3 Å². The average molecular weight is 225 g/mol. The van der Waals surface area contributed by atoms with Gasteiger partial charge in [0.25, 0.3) is 5.91 Å². The van der Waals surface area contributed by atoms with Crippen LogP contribution in [0.15, 0.2) is 12.3 Å². The Bertz CT molecular complexity index is 405. The van der Waals surface area contributed by atoms with Crippen LogP contribution in [0.3, 0.4) is 0 Å². The fourth-order valence-electron chi connectivity index (χ4n) is 1.55. The molecule has 1 aromatic rings. The van der Waals surface area contributed by atoms with Crippen LogP contribution in [-0.4, -0.2) is 30.1 Å². The van der Waals surface area contributed by atoms with Crippen LogP contribution in [0.4, 0.5) is 10.2 Å². The number of nitrogens with zero attached hydrogens (tertiary/aromatic N) is 1. The first-order valence-electron chi connectivity index (χ1n) is 4.97. The molecule has 1 atom stereocenters. The fourth-order valence-corrected chi connectivity index (χ4v) is 1.55. The van der Waals surface area contributed by atoms with Crippen molar-refractivity contribution in [3.8, 4) is 0 Å². The third-order valence-electron chi connectivity index (χ3n) is 2.43. The van der Waals surface area contributed by atoms with E-state index in [1.807, 2.05) is 0 Å². The number of carbonyl (C=O) groups is 1. The van der Waals surface area contributed by atoms with Crippen LogP contribution in [0.2, 0.25) is 0 Å². The van der Waals surface area contributed by atoms with E-state index in [2.05, 4.69) is 10.3 Å². The van der Waals surface area contributed by atoms with Crippen LogP contribution in [0.5, 0.6) is 0 Å². The highest BCUT2D eigenvalue weighted by molar-refractivity contribution is 5.95. The molecule has 5 nitrogen and oxygen atoms in total. The number of pyridine rings is 1. The second-order valence-electron chi connectivity index (χ2n) is 3.59. The average Bonchev–Trinajstić information content (AvgIpc) is 2.74. The third kappa shape index (κ3) is 2.11. The lowest BCUT2D eigenvalue weighted by molar-refractivity contribution is 0.0926. The molecule has 0 bridgehead atoms. The molecule has 0 spiro atoms. The summed E-state index contributed by atoms with van der Waals surface area (Å²) in [6.45, 7) is 1.08. The van der Waals surface area contributed by atoms with E-state index in [0.29, 0.717) is 13.2 Å². The quantitative estimate of drug-likeness (QED) is 0.760. The molecular formula is C10H12FN3O2. The molecule has 2 heterocycles. The lowest BCUT2D eigenvalue weighted by Gasteiger charge is -2.11. The number of halogens is 1. The molecule has 1 saturated heterocycles. The Hall–Kier alpha value is -1.69. The van der Waals surface area contributed by atoms with Gasteiger partial charge in [0.05, 0.1) is 18.2 Å². The number of nitrogens with two attached hydrogens (primary N) is 1. The number of aromatic nitrogens is 1. The minimum atomic E-state index is -0.779. The zero-order valence-corrected chi connectivity index (χ0v) is 8.57. The maximum absolute atomic E-state index is 13.4. The van der Waals surface area contributed by atoms with Crippen LogP contribution in [0.25, 0.3) is 0 Å². The number of ether oxygens (including phenoxy) is 1. The molecule has 1 unspecified atom stereocenters. The van der Waals surface area contributed by atoms with Gasteiger partial charge in [0.15, 0.2) is 11.6 Å². The van der Waals surface area contributed by atoms with Gasteiger partial charge in [-0.2, -0.15) is 0 Å². The Labute approximate surface area is 91.8 Å². The number of rotatable bonds is 2. The summed E-state index contributed by atoms with van der Waals surface area (Å²) in [5.74, 6) is -1.53. The van der Waals surface area contributed by atoms with Gasteiger partial charge in [-0.15, -0.1) is 0 Å². The number of carbonyl (C=O) groups excluding carboxylic acids is 1. The minimum absolute atomic E-state index is 0.0544. The molecule has 0 aromatic carbocycles. The molecule has 2 rings (SSSR count). The third-order valence-corrected chi connectivity index (χ3v) is 2.43. The molecule has 1 fully saturated rings. The predicted molar refractivity (Wildman–Crippen MR) is 55.3 cm³/mol. The second kappa shape index (κ2) is 4.44. The van der Waals surface area contributed by atoms with E-state index in [1.165, 1.54) is 12.3 Å². The number of amides is 1. The molecule has 1 aliphatic rings. The first kappa shape index (κ1) is 10.8. The highest BCUT2D eigenvalue weighted by atomic mass is 19.1. The van der Waals surface area contributed by atoms with Gasteiger partial charge >= 0.3 is 0 Å². The molecule has 6 heteroatoms. The summed E-state index contributed by atoms with van der Waals surface area (Å²) >= 11 is 0. The number of hydrogen-bond donors (Lipinski definition) is 2. The Kier molecular flexibility index (Phi) is 3.00. The van der Waals surface area contributed by atoms with Crippen molar-refractivity contribution >= 4 is 11.7 Å². The Balaban J connectivity index is 2.11. The normalized spacial score (nSPS) is 19.7. The molecule has 1 aromatic heterocycles. The van der Waals surface area contributed by atoms with Crippen molar-refractivity contribution in [2.24, 2.45) is 0 Å². The van der Waals surface area contributed by atoms with Gasteiger partial charge in [-0.05, 0) is 12.5 Å². The van der Waals surface area contributed by atoms with E-state index in [9.17, 15) is 9.18 Å². The monoisotopic (exact) mass is 225 g/mol. The van der Waals surface area contributed by atoms with Crippen molar-refractivity contribution in [2.45, 2.75) is 12.5 Å². The Morgan fingerprint density at radius 2 is 2.50 bits per heavy atom. The van der Waals surface area contributed by atoms with E-state index >= 15 is 0 Å². The van der Waals surface area contributed by atoms with E-state index in [0.717, 1.165) is 6.42 Å². The van der Waals surface area contributed by atoms with Crippen LogP contribution >= 0.6 is 0 Å². The summed E-state index contributed by atoms with van der Waals surface area (Å²) in [5.41, 5.74) is 5.19. The summed E-state index contributed by atoms with van der Waals surface area (Å²) in [4.78, 5) is 15.2. The molecule has 86 valence electrons. The Morgan fingerprint density at radius 1 is 1.69 bits per heavy atom. The minimum Gasteiger partial charge on any atom is -0.381 e. The van der Waals surface area contributed by atoms with Gasteiger partial charge in [-0.1, -0.05) is 0 Å². The van der Waals surface area contributed by atoms with E-state index < -0.39 is 11.7 Å². The van der Waals surface area contributed by atoms with Crippen molar-refractivity contribution in [3.05, 3.63) is 23.6 Å². The molecule has 1 aliphatic heterocycles. The smallest absolute Gasteiger partial charge is 0.254 e.